The molecule has 0 saturated heterocycles. The van der Waals surface area contributed by atoms with Gasteiger partial charge in [-0.3, -0.25) is 9.59 Å². The summed E-state index contributed by atoms with van der Waals surface area (Å²) in [7, 11) is 0. The van der Waals surface area contributed by atoms with Gasteiger partial charge in [0.2, 0.25) is 11.8 Å². The van der Waals surface area contributed by atoms with Crippen LogP contribution in [0.25, 0.3) is 0 Å². The number of carbonyl (C=O) groups excluding carboxylic acids is 2. The number of anilines is 1. The van der Waals surface area contributed by atoms with Crippen molar-refractivity contribution in [3.05, 3.63) is 101 Å². The van der Waals surface area contributed by atoms with Gasteiger partial charge in [0.1, 0.15) is 5.82 Å². The van der Waals surface area contributed by atoms with Crippen molar-refractivity contribution in [1.82, 2.24) is 5.32 Å². The molecule has 0 spiro atoms. The van der Waals surface area contributed by atoms with Crippen molar-refractivity contribution >= 4 is 17.5 Å². The van der Waals surface area contributed by atoms with Gasteiger partial charge in [-0.05, 0) is 53.8 Å². The lowest BCUT2D eigenvalue weighted by molar-refractivity contribution is -0.120. The summed E-state index contributed by atoms with van der Waals surface area (Å²) < 4.78 is 13.0. The molecule has 33 heavy (non-hydrogen) atoms. The van der Waals surface area contributed by atoms with E-state index in [1.807, 2.05) is 69.3 Å². The SMILES string of the molecule is Cc1ccc(CN(C(=O)CC(C)C)c2cccc(CC(=O)NCc3ccc(F)cc3)c2)cc1. The predicted octanol–water partition coefficient (Wildman–Crippen LogP) is 5.57. The Morgan fingerprint density at radius 2 is 1.58 bits per heavy atom. The molecule has 0 radical (unpaired) electrons. The number of benzene rings is 3. The first kappa shape index (κ1) is 24.2. The molecule has 0 atom stereocenters. The van der Waals surface area contributed by atoms with E-state index in [0.29, 0.717) is 19.5 Å². The lowest BCUT2D eigenvalue weighted by atomic mass is 10.1. The lowest BCUT2D eigenvalue weighted by Gasteiger charge is -2.25. The van der Waals surface area contributed by atoms with Gasteiger partial charge in [-0.25, -0.2) is 4.39 Å². The molecule has 1 N–H and O–H groups in total. The number of halogens is 1. The monoisotopic (exact) mass is 446 g/mol. The average molecular weight is 447 g/mol. The van der Waals surface area contributed by atoms with Gasteiger partial charge in [0.05, 0.1) is 13.0 Å². The first-order valence-corrected chi connectivity index (χ1v) is 11.3. The van der Waals surface area contributed by atoms with Crippen LogP contribution in [-0.4, -0.2) is 11.8 Å². The fourth-order valence-electron chi connectivity index (χ4n) is 3.54. The highest BCUT2D eigenvalue weighted by molar-refractivity contribution is 5.93. The van der Waals surface area contributed by atoms with E-state index in [1.54, 1.807) is 17.0 Å². The van der Waals surface area contributed by atoms with E-state index in [1.165, 1.54) is 17.7 Å². The maximum atomic E-state index is 13.1. The molecule has 0 unspecified atom stereocenters. The molecule has 0 aliphatic rings. The zero-order valence-electron chi connectivity index (χ0n) is 19.5. The molecular formula is C28H31FN2O2. The molecule has 3 aromatic rings. The molecule has 0 aromatic heterocycles. The smallest absolute Gasteiger partial charge is 0.227 e. The van der Waals surface area contributed by atoms with Gasteiger partial charge in [-0.1, -0.05) is 67.9 Å². The Balaban J connectivity index is 1.72. The van der Waals surface area contributed by atoms with Gasteiger partial charge < -0.3 is 10.2 Å². The quantitative estimate of drug-likeness (QED) is 0.467. The fraction of sp³-hybridized carbons (Fsp3) is 0.286. The number of amides is 2. The maximum Gasteiger partial charge on any atom is 0.227 e. The maximum absolute atomic E-state index is 13.1. The van der Waals surface area contributed by atoms with E-state index >= 15 is 0 Å². The topological polar surface area (TPSA) is 49.4 Å². The highest BCUT2D eigenvalue weighted by atomic mass is 19.1. The summed E-state index contributed by atoms with van der Waals surface area (Å²) in [6.45, 7) is 6.92. The molecule has 2 amide bonds. The summed E-state index contributed by atoms with van der Waals surface area (Å²) in [5, 5.41) is 2.87. The Kier molecular flexibility index (Phi) is 8.36. The zero-order chi connectivity index (χ0) is 23.8. The zero-order valence-corrected chi connectivity index (χ0v) is 19.5. The fourth-order valence-corrected chi connectivity index (χ4v) is 3.54. The van der Waals surface area contributed by atoms with Crippen molar-refractivity contribution in [1.29, 1.82) is 0 Å². The third-order valence-electron chi connectivity index (χ3n) is 5.34. The number of carbonyl (C=O) groups is 2. The standard InChI is InChI=1S/C28H31FN2O2/c1-20(2)15-28(33)31(19-23-9-7-21(3)8-10-23)26-6-4-5-24(16-26)17-27(32)30-18-22-11-13-25(29)14-12-22/h4-14,16,20H,15,17-19H2,1-3H3,(H,30,32). The van der Waals surface area contributed by atoms with Gasteiger partial charge in [-0.2, -0.15) is 0 Å². The number of hydrogen-bond donors (Lipinski definition) is 1. The van der Waals surface area contributed by atoms with E-state index in [4.69, 9.17) is 0 Å². The van der Waals surface area contributed by atoms with Crippen LogP contribution in [0.1, 0.15) is 42.5 Å². The molecule has 0 bridgehead atoms. The molecular weight excluding hydrogens is 415 g/mol. The molecule has 0 heterocycles. The van der Waals surface area contributed by atoms with Crippen molar-refractivity contribution in [2.75, 3.05) is 4.90 Å². The minimum Gasteiger partial charge on any atom is -0.352 e. The second-order valence-corrected chi connectivity index (χ2v) is 8.81. The molecule has 172 valence electrons. The highest BCUT2D eigenvalue weighted by Gasteiger charge is 2.18. The number of aryl methyl sites for hydroxylation is 1. The minimum atomic E-state index is -0.302. The second kappa shape index (κ2) is 11.4. The molecule has 0 saturated carbocycles. The molecule has 0 aliphatic carbocycles. The summed E-state index contributed by atoms with van der Waals surface area (Å²) in [4.78, 5) is 27.3. The van der Waals surface area contributed by atoms with Crippen LogP contribution in [0.15, 0.2) is 72.8 Å². The van der Waals surface area contributed by atoms with Crippen LogP contribution in [-0.2, 0) is 29.1 Å². The summed E-state index contributed by atoms with van der Waals surface area (Å²) >= 11 is 0. The van der Waals surface area contributed by atoms with Crippen molar-refractivity contribution < 1.29 is 14.0 Å². The van der Waals surface area contributed by atoms with E-state index in [9.17, 15) is 14.0 Å². The van der Waals surface area contributed by atoms with Crippen LogP contribution in [0, 0.1) is 18.7 Å². The highest BCUT2D eigenvalue weighted by Crippen LogP contribution is 2.22. The summed E-state index contributed by atoms with van der Waals surface area (Å²) in [6, 6.07) is 21.8. The molecule has 4 nitrogen and oxygen atoms in total. The van der Waals surface area contributed by atoms with Crippen LogP contribution in [0.4, 0.5) is 10.1 Å². The molecule has 0 fully saturated rings. The van der Waals surface area contributed by atoms with Crippen LogP contribution in [0.2, 0.25) is 0 Å². The summed E-state index contributed by atoms with van der Waals surface area (Å²) in [5.41, 5.74) is 4.68. The summed E-state index contributed by atoms with van der Waals surface area (Å²) in [6.07, 6.45) is 0.653. The third kappa shape index (κ3) is 7.56. The third-order valence-corrected chi connectivity index (χ3v) is 5.34. The van der Waals surface area contributed by atoms with Crippen molar-refractivity contribution in [2.24, 2.45) is 5.92 Å². The molecule has 3 rings (SSSR count). The van der Waals surface area contributed by atoms with Gasteiger partial charge in [0.25, 0.3) is 0 Å². The Morgan fingerprint density at radius 3 is 2.24 bits per heavy atom. The van der Waals surface area contributed by atoms with E-state index in [-0.39, 0.29) is 30.0 Å². The lowest BCUT2D eigenvalue weighted by Crippen LogP contribution is -2.31. The number of rotatable bonds is 9. The van der Waals surface area contributed by atoms with Crippen molar-refractivity contribution in [3.63, 3.8) is 0 Å². The Labute approximate surface area is 195 Å². The van der Waals surface area contributed by atoms with E-state index in [2.05, 4.69) is 5.32 Å². The number of nitrogens with one attached hydrogen (secondary N) is 1. The average Bonchev–Trinajstić information content (AvgIpc) is 2.78. The molecule has 3 aromatic carbocycles. The van der Waals surface area contributed by atoms with Gasteiger partial charge in [0.15, 0.2) is 0 Å². The summed E-state index contributed by atoms with van der Waals surface area (Å²) in [5.74, 6) is -0.124. The van der Waals surface area contributed by atoms with Crippen molar-refractivity contribution in [3.8, 4) is 0 Å². The number of nitrogens with zero attached hydrogens (tertiary/aromatic N) is 1. The first-order chi connectivity index (χ1) is 15.8. The molecule has 0 aliphatic heterocycles. The van der Waals surface area contributed by atoms with Gasteiger partial charge in [-0.15, -0.1) is 0 Å². The number of hydrogen-bond acceptors (Lipinski definition) is 2. The molecule has 5 heteroatoms. The van der Waals surface area contributed by atoms with Gasteiger partial charge in [0, 0.05) is 18.7 Å². The normalized spacial score (nSPS) is 10.8. The van der Waals surface area contributed by atoms with Crippen LogP contribution in [0.5, 0.6) is 0 Å². The Morgan fingerprint density at radius 1 is 0.909 bits per heavy atom. The Bertz CT molecular complexity index is 1080. The first-order valence-electron chi connectivity index (χ1n) is 11.3. The largest absolute Gasteiger partial charge is 0.352 e. The van der Waals surface area contributed by atoms with Crippen LogP contribution >= 0.6 is 0 Å². The van der Waals surface area contributed by atoms with E-state index in [0.717, 1.165) is 22.4 Å². The second-order valence-electron chi connectivity index (χ2n) is 8.81. The van der Waals surface area contributed by atoms with Gasteiger partial charge >= 0.3 is 0 Å². The minimum absolute atomic E-state index is 0.0588. The van der Waals surface area contributed by atoms with Crippen molar-refractivity contribution in [2.45, 2.75) is 46.7 Å². The Hall–Kier alpha value is -3.47. The van der Waals surface area contributed by atoms with Crippen LogP contribution in [0.3, 0.4) is 0 Å². The van der Waals surface area contributed by atoms with Crippen LogP contribution < -0.4 is 10.2 Å². The predicted molar refractivity (Wildman–Crippen MR) is 130 cm³/mol. The van der Waals surface area contributed by atoms with E-state index < -0.39 is 0 Å².